The summed E-state index contributed by atoms with van der Waals surface area (Å²) >= 11 is 0. The number of ether oxygens (including phenoxy) is 2. The highest BCUT2D eigenvalue weighted by atomic mass is 16.6. The lowest BCUT2D eigenvalue weighted by Gasteiger charge is -2.23. The number of hydrogen-bond donors (Lipinski definition) is 0. The van der Waals surface area contributed by atoms with Gasteiger partial charge in [0.1, 0.15) is 11.7 Å². The first-order valence-corrected chi connectivity index (χ1v) is 5.79. The van der Waals surface area contributed by atoms with Gasteiger partial charge in [0.25, 0.3) is 0 Å². The summed E-state index contributed by atoms with van der Waals surface area (Å²) in [6.07, 6.45) is 0.0960. The molecule has 0 saturated carbocycles. The largest absolute Gasteiger partial charge is 0.369 e. The monoisotopic (exact) mass is 219 g/mol. The number of likely N-dealkylation sites (N-methyl/N-ethyl adjacent to an activating group) is 1. The van der Waals surface area contributed by atoms with Gasteiger partial charge >= 0.3 is 0 Å². The van der Waals surface area contributed by atoms with Gasteiger partial charge in [-0.05, 0) is 12.6 Å². The first kappa shape index (κ1) is 10.3. The number of nitrogens with zero attached hydrogens (tertiary/aromatic N) is 1. The summed E-state index contributed by atoms with van der Waals surface area (Å²) in [6, 6.07) is 10.4. The molecule has 0 amide bonds. The summed E-state index contributed by atoms with van der Waals surface area (Å²) in [5, 5.41) is 0. The van der Waals surface area contributed by atoms with Crippen molar-refractivity contribution in [3.8, 4) is 0 Å². The number of epoxide rings is 1. The molecule has 16 heavy (non-hydrogen) atoms. The van der Waals surface area contributed by atoms with Crippen molar-refractivity contribution >= 4 is 0 Å². The highest BCUT2D eigenvalue weighted by Crippen LogP contribution is 2.44. The normalized spacial score (nSPS) is 34.9. The van der Waals surface area contributed by atoms with Crippen LogP contribution >= 0.6 is 0 Å². The van der Waals surface area contributed by atoms with Gasteiger partial charge in [0.15, 0.2) is 0 Å². The Bertz CT molecular complexity index is 361. The minimum absolute atomic E-state index is 0.0907. The van der Waals surface area contributed by atoms with Gasteiger partial charge in [-0.15, -0.1) is 0 Å². The summed E-state index contributed by atoms with van der Waals surface area (Å²) in [4.78, 5) is 2.29. The van der Waals surface area contributed by atoms with Crippen LogP contribution in [0.15, 0.2) is 30.3 Å². The molecule has 0 N–H and O–H groups in total. The van der Waals surface area contributed by atoms with Crippen LogP contribution in [0.25, 0.3) is 0 Å². The van der Waals surface area contributed by atoms with Crippen molar-refractivity contribution in [2.75, 3.05) is 33.4 Å². The summed E-state index contributed by atoms with van der Waals surface area (Å²) in [7, 11) is 2.13. The van der Waals surface area contributed by atoms with Gasteiger partial charge in [0.2, 0.25) is 0 Å². The van der Waals surface area contributed by atoms with E-state index in [0.717, 1.165) is 26.3 Å². The Kier molecular flexibility index (Phi) is 2.46. The molecule has 3 rings (SSSR count). The summed E-state index contributed by atoms with van der Waals surface area (Å²) in [6.45, 7) is 3.54. The van der Waals surface area contributed by atoms with E-state index in [2.05, 4.69) is 36.2 Å². The van der Waals surface area contributed by atoms with Crippen LogP contribution in [0.1, 0.15) is 11.7 Å². The van der Waals surface area contributed by atoms with Crippen molar-refractivity contribution in [3.05, 3.63) is 35.9 Å². The van der Waals surface area contributed by atoms with Crippen molar-refractivity contribution in [2.24, 2.45) is 0 Å². The molecule has 3 heteroatoms. The molecule has 0 aliphatic carbocycles. The Morgan fingerprint density at radius 2 is 2.06 bits per heavy atom. The molecule has 0 radical (unpaired) electrons. The van der Waals surface area contributed by atoms with Crippen LogP contribution in [-0.4, -0.2) is 43.9 Å². The standard InChI is InChI=1S/C13H17NO2/c1-14-7-8-15-12(13(9-14)10-16-13)11-5-3-2-4-6-11/h2-6,12H,7-10H2,1H3/t12?,13-/m1/s1. The molecule has 2 aliphatic heterocycles. The van der Waals surface area contributed by atoms with Crippen LogP contribution < -0.4 is 0 Å². The van der Waals surface area contributed by atoms with Crippen LogP contribution in [0.5, 0.6) is 0 Å². The SMILES string of the molecule is CN1CCOC(c2ccccc2)[C@]2(CO2)C1. The molecule has 1 aromatic carbocycles. The second-order valence-corrected chi connectivity index (χ2v) is 4.75. The fourth-order valence-electron chi connectivity index (χ4n) is 2.46. The molecule has 0 bridgehead atoms. The zero-order valence-electron chi connectivity index (χ0n) is 9.56. The van der Waals surface area contributed by atoms with E-state index in [4.69, 9.17) is 9.47 Å². The molecular formula is C13H17NO2. The van der Waals surface area contributed by atoms with E-state index in [1.807, 2.05) is 6.07 Å². The highest BCUT2D eigenvalue weighted by Gasteiger charge is 2.54. The fourth-order valence-corrected chi connectivity index (χ4v) is 2.46. The number of benzene rings is 1. The predicted octanol–water partition coefficient (Wildman–Crippen LogP) is 1.46. The molecule has 2 aliphatic rings. The molecule has 1 unspecified atom stereocenters. The Hall–Kier alpha value is -0.900. The lowest BCUT2D eigenvalue weighted by Crippen LogP contribution is -2.34. The maximum atomic E-state index is 5.97. The van der Waals surface area contributed by atoms with E-state index in [9.17, 15) is 0 Å². The smallest absolute Gasteiger partial charge is 0.134 e. The molecular weight excluding hydrogens is 202 g/mol. The Labute approximate surface area is 96.0 Å². The van der Waals surface area contributed by atoms with Crippen molar-refractivity contribution in [2.45, 2.75) is 11.7 Å². The average Bonchev–Trinajstić information content (AvgIpc) is 3.08. The van der Waals surface area contributed by atoms with Gasteiger partial charge in [0, 0.05) is 13.1 Å². The van der Waals surface area contributed by atoms with Crippen LogP contribution in [0.3, 0.4) is 0 Å². The maximum absolute atomic E-state index is 5.97. The molecule has 1 aromatic rings. The van der Waals surface area contributed by atoms with Gasteiger partial charge in [-0.2, -0.15) is 0 Å². The topological polar surface area (TPSA) is 25.0 Å². The Balaban J connectivity index is 1.88. The quantitative estimate of drug-likeness (QED) is 0.668. The zero-order chi connectivity index (χ0) is 11.0. The second-order valence-electron chi connectivity index (χ2n) is 4.75. The first-order chi connectivity index (χ1) is 7.80. The predicted molar refractivity (Wildman–Crippen MR) is 61.3 cm³/mol. The van der Waals surface area contributed by atoms with E-state index in [1.165, 1.54) is 5.56 Å². The third-order valence-electron chi connectivity index (χ3n) is 3.39. The second kappa shape index (κ2) is 3.84. The first-order valence-electron chi connectivity index (χ1n) is 5.79. The zero-order valence-corrected chi connectivity index (χ0v) is 9.56. The van der Waals surface area contributed by atoms with Crippen molar-refractivity contribution < 1.29 is 9.47 Å². The average molecular weight is 219 g/mol. The minimum Gasteiger partial charge on any atom is -0.369 e. The number of rotatable bonds is 1. The molecule has 2 atom stereocenters. The van der Waals surface area contributed by atoms with E-state index >= 15 is 0 Å². The minimum atomic E-state index is -0.0907. The number of hydrogen-bond acceptors (Lipinski definition) is 3. The summed E-state index contributed by atoms with van der Waals surface area (Å²) in [5.41, 5.74) is 1.14. The van der Waals surface area contributed by atoms with Crippen molar-refractivity contribution in [3.63, 3.8) is 0 Å². The Morgan fingerprint density at radius 3 is 2.75 bits per heavy atom. The van der Waals surface area contributed by atoms with Gasteiger partial charge < -0.3 is 14.4 Å². The van der Waals surface area contributed by atoms with E-state index in [-0.39, 0.29) is 11.7 Å². The maximum Gasteiger partial charge on any atom is 0.134 e. The molecule has 2 heterocycles. The molecule has 1 spiro atoms. The molecule has 3 nitrogen and oxygen atoms in total. The van der Waals surface area contributed by atoms with Gasteiger partial charge in [-0.3, -0.25) is 0 Å². The van der Waals surface area contributed by atoms with Crippen LogP contribution in [-0.2, 0) is 9.47 Å². The third-order valence-corrected chi connectivity index (χ3v) is 3.39. The summed E-state index contributed by atoms with van der Waals surface area (Å²) in [5.74, 6) is 0. The highest BCUT2D eigenvalue weighted by molar-refractivity contribution is 5.24. The Morgan fingerprint density at radius 1 is 1.31 bits per heavy atom. The third kappa shape index (κ3) is 1.75. The van der Waals surface area contributed by atoms with Gasteiger partial charge in [-0.1, -0.05) is 30.3 Å². The summed E-state index contributed by atoms with van der Waals surface area (Å²) < 4.78 is 11.7. The molecule has 0 aromatic heterocycles. The van der Waals surface area contributed by atoms with Crippen molar-refractivity contribution in [1.82, 2.24) is 4.90 Å². The van der Waals surface area contributed by atoms with Gasteiger partial charge in [-0.25, -0.2) is 0 Å². The lowest BCUT2D eigenvalue weighted by molar-refractivity contribution is 0.0139. The van der Waals surface area contributed by atoms with E-state index in [0.29, 0.717) is 0 Å². The molecule has 86 valence electrons. The molecule has 2 fully saturated rings. The van der Waals surface area contributed by atoms with Crippen LogP contribution in [0.2, 0.25) is 0 Å². The van der Waals surface area contributed by atoms with Crippen molar-refractivity contribution in [1.29, 1.82) is 0 Å². The molecule has 2 saturated heterocycles. The van der Waals surface area contributed by atoms with Gasteiger partial charge in [0.05, 0.1) is 13.2 Å². The van der Waals surface area contributed by atoms with E-state index < -0.39 is 0 Å². The van der Waals surface area contributed by atoms with E-state index in [1.54, 1.807) is 0 Å². The van der Waals surface area contributed by atoms with Crippen LogP contribution in [0.4, 0.5) is 0 Å². The lowest BCUT2D eigenvalue weighted by atomic mass is 9.96. The fraction of sp³-hybridized carbons (Fsp3) is 0.538. The van der Waals surface area contributed by atoms with Crippen LogP contribution in [0, 0.1) is 0 Å².